The van der Waals surface area contributed by atoms with Crippen molar-refractivity contribution in [3.63, 3.8) is 0 Å². The van der Waals surface area contributed by atoms with E-state index in [1.807, 2.05) is 33.9 Å². The first-order valence-corrected chi connectivity index (χ1v) is 11.3. The molecule has 1 fully saturated rings. The third-order valence-electron chi connectivity index (χ3n) is 4.61. The van der Waals surface area contributed by atoms with Crippen LogP contribution in [0.1, 0.15) is 27.2 Å². The molecule has 0 saturated carbocycles. The fourth-order valence-corrected chi connectivity index (χ4v) is 5.20. The topological polar surface area (TPSA) is 120 Å². The van der Waals surface area contributed by atoms with E-state index in [-0.39, 0.29) is 5.82 Å². The van der Waals surface area contributed by atoms with Gasteiger partial charge in [-0.1, -0.05) is 13.1 Å². The Morgan fingerprint density at radius 2 is 2.04 bits per heavy atom. The van der Waals surface area contributed by atoms with Crippen LogP contribution in [0.15, 0.2) is 17.1 Å². The minimum atomic E-state index is -1.69. The van der Waals surface area contributed by atoms with Crippen molar-refractivity contribution in [3.8, 4) is 0 Å². The third-order valence-corrected chi connectivity index (χ3v) is 7.05. The lowest BCUT2D eigenvalue weighted by atomic mass is 9.97. The minimum absolute atomic E-state index is 0.137. The lowest BCUT2D eigenvalue weighted by Crippen LogP contribution is -2.54. The Labute approximate surface area is 149 Å². The van der Waals surface area contributed by atoms with Crippen molar-refractivity contribution in [1.29, 1.82) is 0 Å². The molecule has 2 atom stereocenters. The van der Waals surface area contributed by atoms with Crippen molar-refractivity contribution < 1.29 is 19.7 Å². The average molecular weight is 372 g/mol. The number of aliphatic hydroxyl groups excluding tert-OH is 2. The number of hydrogen-bond donors (Lipinski definition) is 3. The smallest absolute Gasteiger partial charge is 0.351 e. The molecule has 0 spiro atoms. The number of ether oxygens (including phenoxy) is 2. The molecule has 0 radical (unpaired) electrons. The van der Waals surface area contributed by atoms with Crippen LogP contribution in [0.3, 0.4) is 0 Å². The van der Waals surface area contributed by atoms with Gasteiger partial charge in [-0.15, -0.1) is 0 Å². The van der Waals surface area contributed by atoms with Crippen molar-refractivity contribution in [3.05, 3.63) is 22.7 Å². The van der Waals surface area contributed by atoms with Crippen molar-refractivity contribution in [1.82, 2.24) is 9.55 Å². The molecule has 8 nitrogen and oxygen atoms in total. The van der Waals surface area contributed by atoms with Crippen LogP contribution in [0.2, 0.25) is 13.1 Å². The van der Waals surface area contributed by atoms with E-state index in [1.165, 1.54) is 4.57 Å². The van der Waals surface area contributed by atoms with E-state index in [0.29, 0.717) is 6.42 Å². The van der Waals surface area contributed by atoms with Crippen molar-refractivity contribution in [2.75, 3.05) is 18.9 Å². The molecule has 1 aromatic heterocycles. The number of nitrogens with two attached hydrogens (primary N) is 1. The highest BCUT2D eigenvalue weighted by atomic mass is 28.3. The summed E-state index contributed by atoms with van der Waals surface area (Å²) in [7, 11) is -1.69. The lowest BCUT2D eigenvalue weighted by Gasteiger charge is -2.37. The van der Waals surface area contributed by atoms with Gasteiger partial charge >= 0.3 is 5.69 Å². The molecule has 0 unspecified atom stereocenters. The predicted molar refractivity (Wildman–Crippen MR) is 97.0 cm³/mol. The molecule has 0 aromatic carbocycles. The number of hydrogen-bond acceptors (Lipinski definition) is 7. The molecule has 1 aliphatic heterocycles. The molecule has 2 rings (SSSR count). The van der Waals surface area contributed by atoms with Gasteiger partial charge in [0, 0.05) is 12.6 Å². The van der Waals surface area contributed by atoms with E-state index in [0.717, 1.165) is 0 Å². The highest BCUT2D eigenvalue weighted by Crippen LogP contribution is 2.45. The largest absolute Gasteiger partial charge is 0.393 e. The molecule has 1 aliphatic rings. The van der Waals surface area contributed by atoms with Gasteiger partial charge in [0.05, 0.1) is 33.7 Å². The molecular weight excluding hydrogens is 342 g/mol. The second-order valence-corrected chi connectivity index (χ2v) is 11.1. The fraction of sp³-hybridized carbons (Fsp3) is 0.750. The first-order chi connectivity index (χ1) is 11.5. The monoisotopic (exact) mass is 371 g/mol. The summed E-state index contributed by atoms with van der Waals surface area (Å²) >= 11 is 0. The second kappa shape index (κ2) is 6.80. The van der Waals surface area contributed by atoms with Crippen LogP contribution >= 0.6 is 0 Å². The van der Waals surface area contributed by atoms with Gasteiger partial charge < -0.3 is 25.4 Å². The predicted octanol–water partition coefficient (Wildman–Crippen LogP) is -0.168. The minimum Gasteiger partial charge on any atom is -0.393 e. The van der Waals surface area contributed by atoms with Crippen molar-refractivity contribution in [2.24, 2.45) is 0 Å². The van der Waals surface area contributed by atoms with Gasteiger partial charge in [0.15, 0.2) is 0 Å². The SMILES string of the molecule is C[SiH](C)[C@]1(n2ccc(N)nc2=O)C[C@H](OC(C)(C)C)C(CO)(CO)O1. The van der Waals surface area contributed by atoms with Gasteiger partial charge in [0.25, 0.3) is 0 Å². The van der Waals surface area contributed by atoms with E-state index < -0.39 is 50.4 Å². The number of rotatable bonds is 5. The standard InChI is InChI=1S/C16H29N3O5Si/c1-14(2,3)23-11-8-16(25(4)5,24-15(11,9-20)10-21)19-7-6-12(17)18-13(19)22/h6-7,11,20-21,25H,8-10H2,1-5H3,(H2,17,18,22)/t11-,16-/m0/s1. The molecule has 2 heterocycles. The van der Waals surface area contributed by atoms with Gasteiger partial charge in [-0.05, 0) is 26.8 Å². The molecule has 1 saturated heterocycles. The average Bonchev–Trinajstić information content (AvgIpc) is 2.81. The van der Waals surface area contributed by atoms with Gasteiger partial charge in [-0.3, -0.25) is 4.57 Å². The number of anilines is 1. The number of nitrogens with zero attached hydrogens (tertiary/aromatic N) is 2. The van der Waals surface area contributed by atoms with E-state index in [9.17, 15) is 15.0 Å². The zero-order chi connectivity index (χ0) is 19.0. The molecular formula is C16H29N3O5Si. The maximum absolute atomic E-state index is 12.5. The summed E-state index contributed by atoms with van der Waals surface area (Å²) < 4.78 is 13.8. The first-order valence-electron chi connectivity index (χ1n) is 8.45. The number of aromatic nitrogens is 2. The lowest BCUT2D eigenvalue weighted by molar-refractivity contribution is -0.192. The first kappa shape index (κ1) is 20.1. The maximum atomic E-state index is 12.5. The highest BCUT2D eigenvalue weighted by molar-refractivity contribution is 6.58. The quantitative estimate of drug-likeness (QED) is 0.615. The number of aliphatic hydroxyl groups is 2. The zero-order valence-corrected chi connectivity index (χ0v) is 16.7. The van der Waals surface area contributed by atoms with Gasteiger partial charge in [-0.2, -0.15) is 4.98 Å². The van der Waals surface area contributed by atoms with Crippen LogP contribution in [0.5, 0.6) is 0 Å². The van der Waals surface area contributed by atoms with Crippen LogP contribution in [0, 0.1) is 0 Å². The van der Waals surface area contributed by atoms with E-state index in [2.05, 4.69) is 4.98 Å². The van der Waals surface area contributed by atoms with Crippen LogP contribution in [0.4, 0.5) is 5.82 Å². The normalized spacial score (nSPS) is 26.3. The summed E-state index contributed by atoms with van der Waals surface area (Å²) in [6, 6.07) is 1.54. The fourth-order valence-electron chi connectivity index (χ4n) is 3.29. The summed E-state index contributed by atoms with van der Waals surface area (Å²) in [6.45, 7) is 8.96. The Morgan fingerprint density at radius 3 is 2.48 bits per heavy atom. The highest BCUT2D eigenvalue weighted by Gasteiger charge is 2.59. The molecule has 0 aliphatic carbocycles. The Kier molecular flexibility index (Phi) is 5.46. The third kappa shape index (κ3) is 3.65. The maximum Gasteiger partial charge on any atom is 0.351 e. The zero-order valence-electron chi connectivity index (χ0n) is 15.5. The van der Waals surface area contributed by atoms with Gasteiger partial charge in [-0.25, -0.2) is 4.79 Å². The van der Waals surface area contributed by atoms with Crippen molar-refractivity contribution in [2.45, 2.75) is 62.9 Å². The van der Waals surface area contributed by atoms with Gasteiger partial charge in [0.2, 0.25) is 0 Å². The van der Waals surface area contributed by atoms with E-state index in [4.69, 9.17) is 15.2 Å². The summed E-state index contributed by atoms with van der Waals surface area (Å²) in [5.74, 6) is 0.137. The van der Waals surface area contributed by atoms with Crippen LogP contribution in [-0.2, 0) is 14.8 Å². The second-order valence-electron chi connectivity index (χ2n) is 7.91. The molecule has 142 valence electrons. The Balaban J connectivity index is 2.58. The molecule has 0 amide bonds. The van der Waals surface area contributed by atoms with E-state index >= 15 is 0 Å². The molecule has 4 N–H and O–H groups in total. The summed E-state index contributed by atoms with van der Waals surface area (Å²) in [6.07, 6.45) is 1.35. The summed E-state index contributed by atoms with van der Waals surface area (Å²) in [5.41, 5.74) is 3.31. The number of nitrogen functional groups attached to an aromatic ring is 1. The Bertz CT molecular complexity index is 668. The molecule has 0 bridgehead atoms. The Morgan fingerprint density at radius 1 is 1.44 bits per heavy atom. The van der Waals surface area contributed by atoms with E-state index in [1.54, 1.807) is 12.3 Å². The van der Waals surface area contributed by atoms with Crippen molar-refractivity contribution >= 4 is 14.6 Å². The molecule has 1 aromatic rings. The summed E-state index contributed by atoms with van der Waals surface area (Å²) in [5, 5.41) is 19.0. The summed E-state index contributed by atoms with van der Waals surface area (Å²) in [4.78, 5) is 16.3. The van der Waals surface area contributed by atoms with Crippen LogP contribution in [0.25, 0.3) is 0 Å². The van der Waals surface area contributed by atoms with Crippen LogP contribution < -0.4 is 11.4 Å². The van der Waals surface area contributed by atoms with Crippen LogP contribution in [-0.4, -0.2) is 59.1 Å². The Hall–Kier alpha value is -1.26. The molecule has 9 heteroatoms. The van der Waals surface area contributed by atoms with Gasteiger partial charge in [0.1, 0.15) is 16.8 Å². The molecule has 25 heavy (non-hydrogen) atoms.